The number of rotatable bonds is 5. The summed E-state index contributed by atoms with van der Waals surface area (Å²) in [6.07, 6.45) is 12.2. The number of ether oxygens (including phenoxy) is 1. The lowest BCUT2D eigenvalue weighted by atomic mass is 10.1. The smallest absolute Gasteiger partial charge is 0.0703 e. The molecule has 0 amide bonds. The second kappa shape index (κ2) is 6.49. The predicted octanol–water partition coefficient (Wildman–Crippen LogP) is 3.01. The molecule has 0 N–H and O–H groups in total. The summed E-state index contributed by atoms with van der Waals surface area (Å²) < 4.78 is 5.83. The Balaban J connectivity index is 1.64. The molecule has 2 aliphatic rings. The van der Waals surface area contributed by atoms with E-state index in [1.165, 1.54) is 44.1 Å². The first-order valence-electron chi connectivity index (χ1n) is 7.66. The molecule has 0 unspecified atom stereocenters. The second-order valence-corrected chi connectivity index (χ2v) is 5.86. The third kappa shape index (κ3) is 3.54. The molecule has 1 aromatic rings. The van der Waals surface area contributed by atoms with Crippen LogP contribution in [0.15, 0.2) is 24.5 Å². The molecule has 3 rings (SSSR count). The fraction of sp³-hybridized carbons (Fsp3) is 0.688. The van der Waals surface area contributed by atoms with Crippen LogP contribution in [0.5, 0.6) is 0 Å². The third-order valence-electron chi connectivity index (χ3n) is 4.44. The van der Waals surface area contributed by atoms with Crippen LogP contribution < -0.4 is 0 Å². The summed E-state index contributed by atoms with van der Waals surface area (Å²) in [5.41, 5.74) is 1.37. The van der Waals surface area contributed by atoms with Gasteiger partial charge in [-0.15, -0.1) is 0 Å². The number of hydrogen-bond acceptors (Lipinski definition) is 3. The molecule has 0 bridgehead atoms. The lowest BCUT2D eigenvalue weighted by Gasteiger charge is -2.31. The average Bonchev–Trinajstić information content (AvgIpc) is 3.12. The normalized spacial score (nSPS) is 24.4. The molecular formula is C16H24N2O. The summed E-state index contributed by atoms with van der Waals surface area (Å²) in [6, 6.07) is 5.03. The Morgan fingerprint density at radius 2 is 1.89 bits per heavy atom. The molecule has 1 aromatic heterocycles. The summed E-state index contributed by atoms with van der Waals surface area (Å²) in [5.74, 6) is 0. The van der Waals surface area contributed by atoms with Gasteiger partial charge in [0.05, 0.1) is 6.10 Å². The maximum atomic E-state index is 5.83. The molecule has 1 aliphatic heterocycles. The summed E-state index contributed by atoms with van der Waals surface area (Å²) in [6.45, 7) is 3.11. The monoisotopic (exact) mass is 260 g/mol. The van der Waals surface area contributed by atoms with E-state index in [2.05, 4.69) is 22.0 Å². The van der Waals surface area contributed by atoms with Crippen LogP contribution in [0.4, 0.5) is 0 Å². The number of pyridine rings is 1. The summed E-state index contributed by atoms with van der Waals surface area (Å²) >= 11 is 0. The van der Waals surface area contributed by atoms with Gasteiger partial charge in [-0.1, -0.05) is 12.8 Å². The van der Waals surface area contributed by atoms with Crippen molar-refractivity contribution in [2.24, 2.45) is 0 Å². The van der Waals surface area contributed by atoms with Gasteiger partial charge in [0.25, 0.3) is 0 Å². The van der Waals surface area contributed by atoms with Crippen LogP contribution >= 0.6 is 0 Å². The van der Waals surface area contributed by atoms with Gasteiger partial charge in [0.15, 0.2) is 0 Å². The van der Waals surface area contributed by atoms with E-state index in [0.29, 0.717) is 6.10 Å². The van der Waals surface area contributed by atoms with E-state index in [4.69, 9.17) is 4.74 Å². The van der Waals surface area contributed by atoms with Crippen molar-refractivity contribution in [2.75, 3.05) is 13.2 Å². The minimum Gasteiger partial charge on any atom is -0.377 e. The lowest BCUT2D eigenvalue weighted by Crippen LogP contribution is -2.38. The molecule has 1 saturated heterocycles. The van der Waals surface area contributed by atoms with Gasteiger partial charge in [0, 0.05) is 38.1 Å². The highest BCUT2D eigenvalue weighted by atomic mass is 16.5. The van der Waals surface area contributed by atoms with Gasteiger partial charge in [-0.2, -0.15) is 0 Å². The second-order valence-electron chi connectivity index (χ2n) is 5.86. The molecule has 104 valence electrons. The third-order valence-corrected chi connectivity index (χ3v) is 4.44. The molecule has 0 spiro atoms. The van der Waals surface area contributed by atoms with Gasteiger partial charge < -0.3 is 4.74 Å². The van der Waals surface area contributed by atoms with E-state index < -0.39 is 0 Å². The summed E-state index contributed by atoms with van der Waals surface area (Å²) in [4.78, 5) is 6.76. The highest BCUT2D eigenvalue weighted by Gasteiger charge is 2.26. The van der Waals surface area contributed by atoms with Crippen LogP contribution in [-0.2, 0) is 11.3 Å². The maximum Gasteiger partial charge on any atom is 0.0703 e. The number of hydrogen-bond donors (Lipinski definition) is 0. The standard InChI is InChI=1S/C16H24N2O/c1-2-5-15(4-1)18(13-16-6-3-11-19-16)12-14-7-9-17-10-8-14/h7-10,15-16H,1-6,11-13H2/t16-/m0/s1. The van der Waals surface area contributed by atoms with E-state index >= 15 is 0 Å². The molecule has 0 radical (unpaired) electrons. The Bertz CT molecular complexity index is 370. The SMILES string of the molecule is c1cc(CN(C[C@@H]2CCCO2)C2CCCC2)ccn1. The predicted molar refractivity (Wildman–Crippen MR) is 75.9 cm³/mol. The highest BCUT2D eigenvalue weighted by Crippen LogP contribution is 2.26. The Labute approximate surface area is 116 Å². The molecule has 3 heteroatoms. The van der Waals surface area contributed by atoms with E-state index in [1.807, 2.05) is 12.4 Å². The van der Waals surface area contributed by atoms with Crippen LogP contribution in [0.3, 0.4) is 0 Å². The Morgan fingerprint density at radius 1 is 1.11 bits per heavy atom. The fourth-order valence-corrected chi connectivity index (χ4v) is 3.38. The first-order valence-corrected chi connectivity index (χ1v) is 7.66. The van der Waals surface area contributed by atoms with Crippen molar-refractivity contribution in [3.8, 4) is 0 Å². The van der Waals surface area contributed by atoms with Gasteiger partial charge >= 0.3 is 0 Å². The largest absolute Gasteiger partial charge is 0.377 e. The molecule has 1 aliphatic carbocycles. The Morgan fingerprint density at radius 3 is 2.58 bits per heavy atom. The van der Waals surface area contributed by atoms with Crippen molar-refractivity contribution in [1.29, 1.82) is 0 Å². The summed E-state index contributed by atoms with van der Waals surface area (Å²) in [5, 5.41) is 0. The Kier molecular flexibility index (Phi) is 4.46. The van der Waals surface area contributed by atoms with Crippen LogP contribution in [0.25, 0.3) is 0 Å². The fourth-order valence-electron chi connectivity index (χ4n) is 3.38. The molecule has 2 heterocycles. The van der Waals surface area contributed by atoms with Gasteiger partial charge in [-0.05, 0) is 43.4 Å². The van der Waals surface area contributed by atoms with Crippen LogP contribution in [0, 0.1) is 0 Å². The minimum atomic E-state index is 0.461. The quantitative estimate of drug-likeness (QED) is 0.813. The first kappa shape index (κ1) is 13.1. The number of aromatic nitrogens is 1. The topological polar surface area (TPSA) is 25.4 Å². The van der Waals surface area contributed by atoms with Gasteiger partial charge in [-0.25, -0.2) is 0 Å². The van der Waals surface area contributed by atoms with Crippen molar-refractivity contribution >= 4 is 0 Å². The van der Waals surface area contributed by atoms with E-state index in [0.717, 1.165) is 25.7 Å². The Hall–Kier alpha value is -0.930. The van der Waals surface area contributed by atoms with Crippen LogP contribution in [0.1, 0.15) is 44.1 Å². The van der Waals surface area contributed by atoms with Crippen molar-refractivity contribution < 1.29 is 4.74 Å². The van der Waals surface area contributed by atoms with Crippen LogP contribution in [0.2, 0.25) is 0 Å². The van der Waals surface area contributed by atoms with Crippen molar-refractivity contribution in [2.45, 2.75) is 57.2 Å². The maximum absolute atomic E-state index is 5.83. The van der Waals surface area contributed by atoms with Crippen molar-refractivity contribution in [3.05, 3.63) is 30.1 Å². The molecular weight excluding hydrogens is 236 g/mol. The minimum absolute atomic E-state index is 0.461. The highest BCUT2D eigenvalue weighted by molar-refractivity contribution is 5.09. The lowest BCUT2D eigenvalue weighted by molar-refractivity contribution is 0.0541. The van der Waals surface area contributed by atoms with Gasteiger partial charge in [-0.3, -0.25) is 9.88 Å². The molecule has 19 heavy (non-hydrogen) atoms. The zero-order valence-corrected chi connectivity index (χ0v) is 11.6. The average molecular weight is 260 g/mol. The van der Waals surface area contributed by atoms with Gasteiger partial charge in [0.1, 0.15) is 0 Å². The van der Waals surface area contributed by atoms with Gasteiger partial charge in [0.2, 0.25) is 0 Å². The molecule has 1 saturated carbocycles. The number of nitrogens with zero attached hydrogens (tertiary/aromatic N) is 2. The molecule has 3 nitrogen and oxygen atoms in total. The van der Waals surface area contributed by atoms with E-state index in [-0.39, 0.29) is 0 Å². The van der Waals surface area contributed by atoms with Crippen LogP contribution in [-0.4, -0.2) is 35.2 Å². The van der Waals surface area contributed by atoms with Crippen molar-refractivity contribution in [1.82, 2.24) is 9.88 Å². The summed E-state index contributed by atoms with van der Waals surface area (Å²) in [7, 11) is 0. The molecule has 1 atom stereocenters. The van der Waals surface area contributed by atoms with E-state index in [9.17, 15) is 0 Å². The first-order chi connectivity index (χ1) is 9.42. The molecule has 2 fully saturated rings. The molecule has 0 aromatic carbocycles. The van der Waals surface area contributed by atoms with E-state index in [1.54, 1.807) is 0 Å². The zero-order chi connectivity index (χ0) is 12.9. The zero-order valence-electron chi connectivity index (χ0n) is 11.6. The van der Waals surface area contributed by atoms with Crippen molar-refractivity contribution in [3.63, 3.8) is 0 Å².